The third-order valence-electron chi connectivity index (χ3n) is 2.98. The standard InChI is InChI=1S/C15H17N3O/c1-11-4-2-3-5-12(11)6-9-18-15(19)13-7-8-17-14(16)10-13/h2-5,7-8,10H,6,9H2,1H3,(H2,16,17)(H,18,19). The lowest BCUT2D eigenvalue weighted by molar-refractivity contribution is 0.0954. The van der Waals surface area contributed by atoms with Crippen LogP contribution in [0, 0.1) is 6.92 Å². The van der Waals surface area contributed by atoms with Crippen molar-refractivity contribution in [2.24, 2.45) is 0 Å². The molecule has 1 aromatic carbocycles. The summed E-state index contributed by atoms with van der Waals surface area (Å²) in [5, 5.41) is 2.88. The van der Waals surface area contributed by atoms with Gasteiger partial charge in [0.05, 0.1) is 0 Å². The molecule has 98 valence electrons. The molecule has 0 saturated heterocycles. The van der Waals surface area contributed by atoms with Gasteiger partial charge in [-0.15, -0.1) is 0 Å². The van der Waals surface area contributed by atoms with Gasteiger partial charge in [-0.3, -0.25) is 4.79 Å². The largest absolute Gasteiger partial charge is 0.384 e. The summed E-state index contributed by atoms with van der Waals surface area (Å²) in [5.74, 6) is 0.231. The number of rotatable bonds is 4. The van der Waals surface area contributed by atoms with Crippen LogP contribution in [0.2, 0.25) is 0 Å². The lowest BCUT2D eigenvalue weighted by atomic mass is 10.1. The van der Waals surface area contributed by atoms with Crippen LogP contribution < -0.4 is 11.1 Å². The van der Waals surface area contributed by atoms with Gasteiger partial charge < -0.3 is 11.1 Å². The molecule has 0 saturated carbocycles. The topological polar surface area (TPSA) is 68.0 Å². The van der Waals surface area contributed by atoms with Crippen molar-refractivity contribution in [2.45, 2.75) is 13.3 Å². The highest BCUT2D eigenvalue weighted by molar-refractivity contribution is 5.94. The highest BCUT2D eigenvalue weighted by Gasteiger charge is 2.05. The maximum absolute atomic E-state index is 11.9. The average molecular weight is 255 g/mol. The van der Waals surface area contributed by atoms with E-state index in [1.165, 1.54) is 17.3 Å². The molecule has 4 heteroatoms. The van der Waals surface area contributed by atoms with Crippen LogP contribution in [0.3, 0.4) is 0 Å². The molecule has 3 N–H and O–H groups in total. The van der Waals surface area contributed by atoms with Gasteiger partial charge in [-0.1, -0.05) is 24.3 Å². The van der Waals surface area contributed by atoms with E-state index in [4.69, 9.17) is 5.73 Å². The van der Waals surface area contributed by atoms with Crippen molar-refractivity contribution >= 4 is 11.7 Å². The van der Waals surface area contributed by atoms with Gasteiger partial charge >= 0.3 is 0 Å². The summed E-state index contributed by atoms with van der Waals surface area (Å²) >= 11 is 0. The van der Waals surface area contributed by atoms with Gasteiger partial charge in [-0.2, -0.15) is 0 Å². The van der Waals surface area contributed by atoms with Crippen LogP contribution in [0.4, 0.5) is 5.82 Å². The second-order valence-corrected chi connectivity index (χ2v) is 4.40. The van der Waals surface area contributed by atoms with Crippen molar-refractivity contribution < 1.29 is 4.79 Å². The third kappa shape index (κ3) is 3.55. The van der Waals surface area contributed by atoms with Crippen molar-refractivity contribution in [1.82, 2.24) is 10.3 Å². The van der Waals surface area contributed by atoms with Crippen molar-refractivity contribution in [3.63, 3.8) is 0 Å². The first kappa shape index (κ1) is 13.1. The number of aromatic nitrogens is 1. The molecule has 0 unspecified atom stereocenters. The first-order chi connectivity index (χ1) is 9.16. The minimum Gasteiger partial charge on any atom is -0.384 e. The average Bonchev–Trinajstić information content (AvgIpc) is 2.41. The molecule has 0 fully saturated rings. The second-order valence-electron chi connectivity index (χ2n) is 4.40. The molecule has 0 aliphatic carbocycles. The van der Waals surface area contributed by atoms with Gasteiger partial charge in [0.2, 0.25) is 0 Å². The molecule has 0 radical (unpaired) electrons. The number of carbonyl (C=O) groups excluding carboxylic acids is 1. The third-order valence-corrected chi connectivity index (χ3v) is 2.98. The zero-order valence-electron chi connectivity index (χ0n) is 10.9. The van der Waals surface area contributed by atoms with Crippen molar-refractivity contribution in [3.8, 4) is 0 Å². The van der Waals surface area contributed by atoms with Crippen LogP contribution >= 0.6 is 0 Å². The Kier molecular flexibility index (Phi) is 4.13. The molecule has 0 spiro atoms. The fraction of sp³-hybridized carbons (Fsp3) is 0.200. The number of nitrogens with zero attached hydrogens (tertiary/aromatic N) is 1. The molecular formula is C15H17N3O. The Bertz CT molecular complexity index is 581. The number of benzene rings is 1. The quantitative estimate of drug-likeness (QED) is 0.877. The van der Waals surface area contributed by atoms with E-state index in [1.807, 2.05) is 12.1 Å². The zero-order valence-corrected chi connectivity index (χ0v) is 10.9. The molecule has 0 aliphatic rings. The minimum absolute atomic E-state index is 0.123. The lowest BCUT2D eigenvalue weighted by Gasteiger charge is -2.07. The Morgan fingerprint density at radius 1 is 1.32 bits per heavy atom. The summed E-state index contributed by atoms with van der Waals surface area (Å²) in [6, 6.07) is 11.4. The predicted octanol–water partition coefficient (Wildman–Crippen LogP) is 1.94. The molecule has 19 heavy (non-hydrogen) atoms. The van der Waals surface area contributed by atoms with E-state index in [9.17, 15) is 4.79 Å². The zero-order chi connectivity index (χ0) is 13.7. The number of aryl methyl sites for hydroxylation is 1. The Hall–Kier alpha value is -2.36. The highest BCUT2D eigenvalue weighted by atomic mass is 16.1. The summed E-state index contributed by atoms with van der Waals surface area (Å²) < 4.78 is 0. The Morgan fingerprint density at radius 2 is 2.11 bits per heavy atom. The normalized spacial score (nSPS) is 10.2. The van der Waals surface area contributed by atoms with E-state index in [1.54, 1.807) is 12.1 Å². The van der Waals surface area contributed by atoms with E-state index in [2.05, 4.69) is 29.4 Å². The maximum Gasteiger partial charge on any atom is 0.251 e. The van der Waals surface area contributed by atoms with E-state index >= 15 is 0 Å². The number of nitrogens with one attached hydrogen (secondary N) is 1. The number of amides is 1. The van der Waals surface area contributed by atoms with E-state index < -0.39 is 0 Å². The fourth-order valence-electron chi connectivity index (χ4n) is 1.89. The van der Waals surface area contributed by atoms with Gasteiger partial charge in [0.15, 0.2) is 0 Å². The second kappa shape index (κ2) is 6.00. The Morgan fingerprint density at radius 3 is 2.84 bits per heavy atom. The fourth-order valence-corrected chi connectivity index (χ4v) is 1.89. The SMILES string of the molecule is Cc1ccccc1CCNC(=O)c1ccnc(N)c1. The highest BCUT2D eigenvalue weighted by Crippen LogP contribution is 2.07. The van der Waals surface area contributed by atoms with Crippen LogP contribution in [-0.4, -0.2) is 17.4 Å². The maximum atomic E-state index is 11.9. The van der Waals surface area contributed by atoms with Gasteiger partial charge in [0, 0.05) is 18.3 Å². The van der Waals surface area contributed by atoms with Crippen molar-refractivity contribution in [2.75, 3.05) is 12.3 Å². The van der Waals surface area contributed by atoms with Gasteiger partial charge in [0.25, 0.3) is 5.91 Å². The van der Waals surface area contributed by atoms with E-state index in [-0.39, 0.29) is 5.91 Å². The van der Waals surface area contributed by atoms with Crippen LogP contribution in [0.15, 0.2) is 42.6 Å². The monoisotopic (exact) mass is 255 g/mol. The number of nitrogens with two attached hydrogens (primary N) is 1. The summed E-state index contributed by atoms with van der Waals surface area (Å²) in [6.45, 7) is 2.67. The summed E-state index contributed by atoms with van der Waals surface area (Å²) in [5.41, 5.74) is 8.57. The van der Waals surface area contributed by atoms with Gasteiger partial charge in [-0.05, 0) is 36.6 Å². The Labute approximate surface area is 112 Å². The number of hydrogen-bond acceptors (Lipinski definition) is 3. The first-order valence-corrected chi connectivity index (χ1v) is 6.21. The molecular weight excluding hydrogens is 238 g/mol. The molecule has 4 nitrogen and oxygen atoms in total. The summed E-state index contributed by atoms with van der Waals surface area (Å²) in [6.07, 6.45) is 2.35. The van der Waals surface area contributed by atoms with E-state index in [0.717, 1.165) is 6.42 Å². The number of anilines is 1. The minimum atomic E-state index is -0.123. The van der Waals surface area contributed by atoms with Crippen LogP contribution in [0.5, 0.6) is 0 Å². The van der Waals surface area contributed by atoms with Gasteiger partial charge in [0.1, 0.15) is 5.82 Å². The summed E-state index contributed by atoms with van der Waals surface area (Å²) in [7, 11) is 0. The molecule has 2 rings (SSSR count). The molecule has 1 heterocycles. The lowest BCUT2D eigenvalue weighted by Crippen LogP contribution is -2.26. The molecule has 0 atom stereocenters. The van der Waals surface area contributed by atoms with Crippen molar-refractivity contribution in [1.29, 1.82) is 0 Å². The number of hydrogen-bond donors (Lipinski definition) is 2. The molecule has 1 amide bonds. The molecule has 0 bridgehead atoms. The van der Waals surface area contributed by atoms with Crippen molar-refractivity contribution in [3.05, 3.63) is 59.3 Å². The molecule has 0 aliphatic heterocycles. The van der Waals surface area contributed by atoms with Crippen LogP contribution in [-0.2, 0) is 6.42 Å². The smallest absolute Gasteiger partial charge is 0.251 e. The predicted molar refractivity (Wildman–Crippen MR) is 75.9 cm³/mol. The van der Waals surface area contributed by atoms with E-state index in [0.29, 0.717) is 17.9 Å². The van der Waals surface area contributed by atoms with Crippen LogP contribution in [0.25, 0.3) is 0 Å². The number of pyridine rings is 1. The molecule has 2 aromatic rings. The summed E-state index contributed by atoms with van der Waals surface area (Å²) in [4.78, 5) is 15.7. The molecule has 1 aromatic heterocycles. The number of nitrogen functional groups attached to an aromatic ring is 1. The Balaban J connectivity index is 1.90. The van der Waals surface area contributed by atoms with Crippen LogP contribution in [0.1, 0.15) is 21.5 Å². The van der Waals surface area contributed by atoms with Gasteiger partial charge in [-0.25, -0.2) is 4.98 Å². The number of carbonyl (C=O) groups is 1. The first-order valence-electron chi connectivity index (χ1n) is 6.21.